The van der Waals surface area contributed by atoms with Crippen molar-refractivity contribution in [1.82, 2.24) is 10.1 Å². The topological polar surface area (TPSA) is 48.2 Å². The zero-order valence-corrected chi connectivity index (χ0v) is 16.5. The van der Waals surface area contributed by atoms with E-state index in [2.05, 4.69) is 39.1 Å². The van der Waals surface area contributed by atoms with Crippen LogP contribution in [0.3, 0.4) is 0 Å². The van der Waals surface area contributed by atoms with Gasteiger partial charge in [0, 0.05) is 12.0 Å². The highest BCUT2D eigenvalue weighted by Crippen LogP contribution is 2.42. The Bertz CT molecular complexity index is 947. The zero-order valence-electron chi connectivity index (χ0n) is 16.5. The summed E-state index contributed by atoms with van der Waals surface area (Å²) in [7, 11) is 0. The van der Waals surface area contributed by atoms with Gasteiger partial charge in [0.15, 0.2) is 0 Å². The molecule has 1 fully saturated rings. The molecular weight excluding hydrogens is 393 g/mol. The summed E-state index contributed by atoms with van der Waals surface area (Å²) in [5.74, 6) is 0.625. The van der Waals surface area contributed by atoms with Crippen molar-refractivity contribution in [3.05, 3.63) is 66.1 Å². The van der Waals surface area contributed by atoms with Gasteiger partial charge < -0.3 is 9.26 Å². The van der Waals surface area contributed by atoms with Crippen LogP contribution in [0.25, 0.3) is 11.4 Å². The Morgan fingerprint density at radius 1 is 0.933 bits per heavy atom. The summed E-state index contributed by atoms with van der Waals surface area (Å²) < 4.78 is 46.2. The van der Waals surface area contributed by atoms with Crippen LogP contribution in [0, 0.1) is 0 Å². The van der Waals surface area contributed by atoms with E-state index in [1.54, 1.807) is 0 Å². The van der Waals surface area contributed by atoms with Crippen molar-refractivity contribution >= 4 is 0 Å². The highest BCUT2D eigenvalue weighted by atomic mass is 19.4. The SMILES string of the molecule is FC(F)(F)Oc1ccc(-c2noc(CCC3(c4ccccc4)CCCCC3)n2)cc1. The molecule has 0 bridgehead atoms. The molecule has 0 N–H and O–H groups in total. The maximum atomic E-state index is 12.3. The number of rotatable bonds is 6. The molecule has 0 spiro atoms. The Kier molecular flexibility index (Phi) is 5.79. The number of alkyl halides is 3. The van der Waals surface area contributed by atoms with Gasteiger partial charge in [0.25, 0.3) is 0 Å². The van der Waals surface area contributed by atoms with Gasteiger partial charge in [-0.15, -0.1) is 13.2 Å². The number of nitrogens with zero attached hydrogens (tertiary/aromatic N) is 2. The van der Waals surface area contributed by atoms with E-state index in [-0.39, 0.29) is 11.2 Å². The van der Waals surface area contributed by atoms with Gasteiger partial charge in [-0.25, -0.2) is 0 Å². The summed E-state index contributed by atoms with van der Waals surface area (Å²) >= 11 is 0. The van der Waals surface area contributed by atoms with Crippen LogP contribution in [0.15, 0.2) is 59.1 Å². The number of aryl methyl sites for hydroxylation is 1. The summed E-state index contributed by atoms with van der Waals surface area (Å²) in [6.07, 6.45) is 2.89. The van der Waals surface area contributed by atoms with Gasteiger partial charge >= 0.3 is 6.36 Å². The first-order valence-electron chi connectivity index (χ1n) is 10.2. The maximum absolute atomic E-state index is 12.3. The fourth-order valence-corrected chi connectivity index (χ4v) is 4.33. The lowest BCUT2D eigenvalue weighted by atomic mass is 9.67. The molecule has 4 rings (SSSR count). The van der Waals surface area contributed by atoms with Gasteiger partial charge in [-0.2, -0.15) is 4.98 Å². The number of aromatic nitrogens is 2. The summed E-state index contributed by atoms with van der Waals surface area (Å²) in [5, 5.41) is 4.00. The molecule has 30 heavy (non-hydrogen) atoms. The van der Waals surface area contributed by atoms with Crippen LogP contribution in [0.4, 0.5) is 13.2 Å². The second kappa shape index (κ2) is 8.50. The van der Waals surface area contributed by atoms with Gasteiger partial charge in [0.1, 0.15) is 5.75 Å². The first-order valence-corrected chi connectivity index (χ1v) is 10.2. The first-order chi connectivity index (χ1) is 14.4. The fraction of sp³-hybridized carbons (Fsp3) is 0.391. The molecule has 4 nitrogen and oxygen atoms in total. The summed E-state index contributed by atoms with van der Waals surface area (Å²) in [4.78, 5) is 4.45. The molecule has 7 heteroatoms. The number of benzene rings is 2. The fourth-order valence-electron chi connectivity index (χ4n) is 4.33. The van der Waals surface area contributed by atoms with E-state index in [1.807, 2.05) is 6.07 Å². The minimum Gasteiger partial charge on any atom is -0.406 e. The normalized spacial score (nSPS) is 16.4. The minimum atomic E-state index is -4.71. The van der Waals surface area contributed by atoms with Crippen LogP contribution in [-0.4, -0.2) is 16.5 Å². The highest BCUT2D eigenvalue weighted by molar-refractivity contribution is 5.55. The summed E-state index contributed by atoms with van der Waals surface area (Å²) in [6.45, 7) is 0. The van der Waals surface area contributed by atoms with Crippen molar-refractivity contribution in [3.8, 4) is 17.1 Å². The van der Waals surface area contributed by atoms with E-state index in [0.29, 0.717) is 23.7 Å². The second-order valence-corrected chi connectivity index (χ2v) is 7.79. The monoisotopic (exact) mass is 416 g/mol. The molecule has 1 aliphatic rings. The number of ether oxygens (including phenoxy) is 1. The molecule has 1 saturated carbocycles. The molecule has 1 aliphatic carbocycles. The van der Waals surface area contributed by atoms with Crippen molar-refractivity contribution in [3.63, 3.8) is 0 Å². The third kappa shape index (κ3) is 4.83. The predicted octanol–water partition coefficient (Wildman–Crippen LogP) is 6.47. The number of hydrogen-bond acceptors (Lipinski definition) is 4. The molecule has 0 amide bonds. The van der Waals surface area contributed by atoms with E-state index in [1.165, 1.54) is 49.1 Å². The Morgan fingerprint density at radius 2 is 1.63 bits per heavy atom. The van der Waals surface area contributed by atoms with Crippen LogP contribution in [0.5, 0.6) is 5.75 Å². The third-order valence-electron chi connectivity index (χ3n) is 5.83. The average molecular weight is 416 g/mol. The van der Waals surface area contributed by atoms with Gasteiger partial charge in [-0.3, -0.25) is 0 Å². The lowest BCUT2D eigenvalue weighted by molar-refractivity contribution is -0.274. The van der Waals surface area contributed by atoms with Crippen LogP contribution in [0.1, 0.15) is 50.0 Å². The lowest BCUT2D eigenvalue weighted by Gasteiger charge is -2.38. The van der Waals surface area contributed by atoms with Crippen molar-refractivity contribution < 1.29 is 22.4 Å². The standard InChI is InChI=1S/C23H23F3N2O2/c24-23(25,26)29-19-11-9-17(10-12-19)21-27-20(30-28-21)13-16-22(14-5-2-6-15-22)18-7-3-1-4-8-18/h1,3-4,7-12H,2,5-6,13-16H2. The van der Waals surface area contributed by atoms with Crippen LogP contribution < -0.4 is 4.74 Å². The van der Waals surface area contributed by atoms with E-state index in [0.717, 1.165) is 19.3 Å². The third-order valence-corrected chi connectivity index (χ3v) is 5.83. The van der Waals surface area contributed by atoms with E-state index in [4.69, 9.17) is 4.52 Å². The average Bonchev–Trinajstić information content (AvgIpc) is 3.22. The largest absolute Gasteiger partial charge is 0.573 e. The smallest absolute Gasteiger partial charge is 0.406 e. The second-order valence-electron chi connectivity index (χ2n) is 7.79. The van der Waals surface area contributed by atoms with Crippen molar-refractivity contribution in [2.45, 2.75) is 56.7 Å². The quantitative estimate of drug-likeness (QED) is 0.462. The predicted molar refractivity (Wildman–Crippen MR) is 106 cm³/mol. The molecule has 1 heterocycles. The Labute approximate surface area is 173 Å². The molecule has 0 aliphatic heterocycles. The molecule has 0 unspecified atom stereocenters. The Morgan fingerprint density at radius 3 is 2.30 bits per heavy atom. The molecular formula is C23H23F3N2O2. The van der Waals surface area contributed by atoms with Crippen LogP contribution >= 0.6 is 0 Å². The zero-order chi connectivity index (χ0) is 21.0. The van der Waals surface area contributed by atoms with Gasteiger partial charge in [-0.1, -0.05) is 54.8 Å². The van der Waals surface area contributed by atoms with Crippen molar-refractivity contribution in [2.24, 2.45) is 0 Å². The van der Waals surface area contributed by atoms with E-state index in [9.17, 15) is 13.2 Å². The molecule has 0 saturated heterocycles. The van der Waals surface area contributed by atoms with Crippen molar-refractivity contribution in [2.75, 3.05) is 0 Å². The van der Waals surface area contributed by atoms with Crippen molar-refractivity contribution in [1.29, 1.82) is 0 Å². The molecule has 3 aromatic rings. The van der Waals surface area contributed by atoms with Gasteiger partial charge in [0.2, 0.25) is 11.7 Å². The number of halogens is 3. The summed E-state index contributed by atoms with van der Waals surface area (Å²) in [5.41, 5.74) is 2.07. The minimum absolute atomic E-state index is 0.130. The molecule has 2 aromatic carbocycles. The molecule has 1 aromatic heterocycles. The Balaban J connectivity index is 1.45. The first kappa shape index (κ1) is 20.4. The van der Waals surface area contributed by atoms with E-state index >= 15 is 0 Å². The lowest BCUT2D eigenvalue weighted by Crippen LogP contribution is -2.29. The molecule has 158 valence electrons. The van der Waals surface area contributed by atoms with Crippen LogP contribution in [-0.2, 0) is 11.8 Å². The highest BCUT2D eigenvalue weighted by Gasteiger charge is 2.34. The summed E-state index contributed by atoms with van der Waals surface area (Å²) in [6, 6.07) is 16.1. The number of hydrogen-bond donors (Lipinski definition) is 0. The van der Waals surface area contributed by atoms with E-state index < -0.39 is 6.36 Å². The maximum Gasteiger partial charge on any atom is 0.573 e. The molecule has 0 atom stereocenters. The van der Waals surface area contributed by atoms with Gasteiger partial charge in [0.05, 0.1) is 0 Å². The Hall–Kier alpha value is -2.83. The van der Waals surface area contributed by atoms with Gasteiger partial charge in [-0.05, 0) is 54.5 Å². The van der Waals surface area contributed by atoms with Crippen LogP contribution in [0.2, 0.25) is 0 Å². The molecule has 0 radical (unpaired) electrons.